The van der Waals surface area contributed by atoms with Gasteiger partial charge in [-0.15, -0.1) is 0 Å². The summed E-state index contributed by atoms with van der Waals surface area (Å²) in [6.07, 6.45) is 2.67. The van der Waals surface area contributed by atoms with Gasteiger partial charge in [0.1, 0.15) is 11.5 Å². The highest BCUT2D eigenvalue weighted by molar-refractivity contribution is 6.29. The normalized spacial score (nSPS) is 25.7. The number of halogens is 1. The van der Waals surface area contributed by atoms with Gasteiger partial charge in [-0.3, -0.25) is 0 Å². The third kappa shape index (κ3) is 2.31. The van der Waals surface area contributed by atoms with Crippen LogP contribution in [0.1, 0.15) is 13.3 Å². The summed E-state index contributed by atoms with van der Waals surface area (Å²) in [6.45, 7) is 2.97. The van der Waals surface area contributed by atoms with E-state index in [-0.39, 0.29) is 0 Å². The minimum atomic E-state index is 0.425. The van der Waals surface area contributed by atoms with Gasteiger partial charge in [0.15, 0.2) is 0 Å². The van der Waals surface area contributed by atoms with Crippen LogP contribution in [-0.4, -0.2) is 16.6 Å². The molecule has 0 bridgehead atoms. The lowest BCUT2D eigenvalue weighted by Crippen LogP contribution is -2.01. The molecule has 13 heavy (non-hydrogen) atoms. The molecule has 4 heteroatoms. The van der Waals surface area contributed by atoms with Crippen molar-refractivity contribution in [3.63, 3.8) is 0 Å². The number of rotatable bonds is 3. The Bertz CT molecular complexity index is 305. The average Bonchev–Trinajstić information content (AvgIpc) is 2.79. The first-order valence-corrected chi connectivity index (χ1v) is 4.74. The van der Waals surface area contributed by atoms with Crippen LogP contribution >= 0.6 is 11.6 Å². The topological polar surface area (TPSA) is 35.0 Å². The SMILES string of the molecule is CC1CC1COc1cc(Cl)ncn1. The third-order valence-electron chi connectivity index (χ3n) is 2.33. The van der Waals surface area contributed by atoms with Gasteiger partial charge in [-0.1, -0.05) is 18.5 Å². The van der Waals surface area contributed by atoms with Crippen LogP contribution in [0.5, 0.6) is 5.88 Å². The smallest absolute Gasteiger partial charge is 0.217 e. The molecule has 70 valence electrons. The molecular weight excluding hydrogens is 188 g/mol. The Morgan fingerprint density at radius 1 is 1.62 bits per heavy atom. The molecular formula is C9H11ClN2O. The highest BCUT2D eigenvalue weighted by atomic mass is 35.5. The fourth-order valence-corrected chi connectivity index (χ4v) is 1.36. The van der Waals surface area contributed by atoms with Crippen LogP contribution in [0.4, 0.5) is 0 Å². The van der Waals surface area contributed by atoms with E-state index >= 15 is 0 Å². The quantitative estimate of drug-likeness (QED) is 0.699. The molecule has 0 aromatic carbocycles. The molecule has 2 unspecified atom stereocenters. The monoisotopic (exact) mass is 198 g/mol. The van der Waals surface area contributed by atoms with Crippen molar-refractivity contribution in [3.05, 3.63) is 17.5 Å². The molecule has 1 aromatic heterocycles. The molecule has 1 heterocycles. The van der Waals surface area contributed by atoms with E-state index in [0.29, 0.717) is 17.0 Å². The number of ether oxygens (including phenoxy) is 1. The molecule has 1 aliphatic carbocycles. The van der Waals surface area contributed by atoms with E-state index < -0.39 is 0 Å². The van der Waals surface area contributed by atoms with E-state index in [4.69, 9.17) is 16.3 Å². The second kappa shape index (κ2) is 3.50. The van der Waals surface area contributed by atoms with Crippen molar-refractivity contribution in [1.29, 1.82) is 0 Å². The van der Waals surface area contributed by atoms with Crippen molar-refractivity contribution in [1.82, 2.24) is 9.97 Å². The van der Waals surface area contributed by atoms with Crippen LogP contribution in [0.2, 0.25) is 5.15 Å². The largest absolute Gasteiger partial charge is 0.477 e. The van der Waals surface area contributed by atoms with Gasteiger partial charge in [-0.25, -0.2) is 9.97 Å². The summed E-state index contributed by atoms with van der Waals surface area (Å²) in [4.78, 5) is 7.72. The van der Waals surface area contributed by atoms with Crippen LogP contribution in [-0.2, 0) is 0 Å². The number of hydrogen-bond acceptors (Lipinski definition) is 3. The maximum atomic E-state index is 5.67. The molecule has 1 aliphatic rings. The maximum absolute atomic E-state index is 5.67. The zero-order valence-corrected chi connectivity index (χ0v) is 8.16. The summed E-state index contributed by atoms with van der Waals surface area (Å²) in [5.74, 6) is 2.07. The van der Waals surface area contributed by atoms with Crippen molar-refractivity contribution in [3.8, 4) is 5.88 Å². The zero-order valence-electron chi connectivity index (χ0n) is 7.40. The van der Waals surface area contributed by atoms with Gasteiger partial charge < -0.3 is 4.74 Å². The van der Waals surface area contributed by atoms with Crippen LogP contribution in [0, 0.1) is 11.8 Å². The Balaban J connectivity index is 1.87. The van der Waals surface area contributed by atoms with E-state index in [1.807, 2.05) is 0 Å². The molecule has 1 saturated carbocycles. The Morgan fingerprint density at radius 3 is 3.00 bits per heavy atom. The Labute approximate surface area is 82.1 Å². The molecule has 2 atom stereocenters. The van der Waals surface area contributed by atoms with E-state index in [1.54, 1.807) is 6.07 Å². The van der Waals surface area contributed by atoms with Crippen molar-refractivity contribution in [2.45, 2.75) is 13.3 Å². The molecule has 0 N–H and O–H groups in total. The summed E-state index contributed by atoms with van der Waals surface area (Å²) in [7, 11) is 0. The second-order valence-electron chi connectivity index (χ2n) is 3.46. The van der Waals surface area contributed by atoms with E-state index in [0.717, 1.165) is 12.5 Å². The van der Waals surface area contributed by atoms with Crippen LogP contribution in [0.25, 0.3) is 0 Å². The molecule has 0 saturated heterocycles. The highest BCUT2D eigenvalue weighted by Crippen LogP contribution is 2.37. The summed E-state index contributed by atoms with van der Waals surface area (Å²) >= 11 is 5.67. The molecule has 0 spiro atoms. The summed E-state index contributed by atoms with van der Waals surface area (Å²) < 4.78 is 5.45. The zero-order chi connectivity index (χ0) is 9.26. The van der Waals surface area contributed by atoms with Gasteiger partial charge >= 0.3 is 0 Å². The summed E-state index contributed by atoms with van der Waals surface area (Å²) in [6, 6.07) is 1.63. The fourth-order valence-electron chi connectivity index (χ4n) is 1.22. The van der Waals surface area contributed by atoms with Gasteiger partial charge in [0.25, 0.3) is 0 Å². The van der Waals surface area contributed by atoms with Crippen molar-refractivity contribution in [2.75, 3.05) is 6.61 Å². The first kappa shape index (κ1) is 8.75. The predicted molar refractivity (Wildman–Crippen MR) is 49.8 cm³/mol. The van der Waals surface area contributed by atoms with Crippen LogP contribution in [0.15, 0.2) is 12.4 Å². The molecule has 2 rings (SSSR count). The van der Waals surface area contributed by atoms with Crippen molar-refractivity contribution >= 4 is 11.6 Å². The van der Waals surface area contributed by atoms with Crippen molar-refractivity contribution < 1.29 is 4.74 Å². The molecule has 1 fully saturated rings. The van der Waals surface area contributed by atoms with Gasteiger partial charge in [0.05, 0.1) is 6.61 Å². The standard InChI is InChI=1S/C9H11ClN2O/c1-6-2-7(6)4-13-9-3-8(10)11-5-12-9/h3,5-7H,2,4H2,1H3. The van der Waals surface area contributed by atoms with Gasteiger partial charge in [-0.2, -0.15) is 0 Å². The minimum Gasteiger partial charge on any atom is -0.477 e. The lowest BCUT2D eigenvalue weighted by atomic mass is 10.4. The summed E-state index contributed by atoms with van der Waals surface area (Å²) in [5, 5.41) is 0.425. The highest BCUT2D eigenvalue weighted by Gasteiger charge is 2.33. The Kier molecular flexibility index (Phi) is 2.36. The third-order valence-corrected chi connectivity index (χ3v) is 2.54. The Morgan fingerprint density at radius 2 is 2.38 bits per heavy atom. The van der Waals surface area contributed by atoms with E-state index in [1.165, 1.54) is 12.7 Å². The lowest BCUT2D eigenvalue weighted by molar-refractivity contribution is 0.282. The van der Waals surface area contributed by atoms with Gasteiger partial charge in [0.2, 0.25) is 5.88 Å². The van der Waals surface area contributed by atoms with E-state index in [2.05, 4.69) is 16.9 Å². The fraction of sp³-hybridized carbons (Fsp3) is 0.556. The number of nitrogens with zero attached hydrogens (tertiary/aromatic N) is 2. The van der Waals surface area contributed by atoms with E-state index in [9.17, 15) is 0 Å². The van der Waals surface area contributed by atoms with Gasteiger partial charge in [0, 0.05) is 6.07 Å². The first-order chi connectivity index (χ1) is 6.25. The number of hydrogen-bond donors (Lipinski definition) is 0. The summed E-state index contributed by atoms with van der Waals surface area (Å²) in [5.41, 5.74) is 0. The predicted octanol–water partition coefficient (Wildman–Crippen LogP) is 2.16. The van der Waals surface area contributed by atoms with Crippen LogP contribution < -0.4 is 4.74 Å². The molecule has 1 aromatic rings. The average molecular weight is 199 g/mol. The minimum absolute atomic E-state index is 0.425. The molecule has 0 aliphatic heterocycles. The molecule has 3 nitrogen and oxygen atoms in total. The maximum Gasteiger partial charge on any atom is 0.217 e. The van der Waals surface area contributed by atoms with Crippen LogP contribution in [0.3, 0.4) is 0 Å². The van der Waals surface area contributed by atoms with Crippen molar-refractivity contribution in [2.24, 2.45) is 11.8 Å². The Hall–Kier alpha value is -0.830. The first-order valence-electron chi connectivity index (χ1n) is 4.36. The van der Waals surface area contributed by atoms with Gasteiger partial charge in [-0.05, 0) is 18.3 Å². The molecule has 0 radical (unpaired) electrons. The lowest BCUT2D eigenvalue weighted by Gasteiger charge is -2.02. The number of aromatic nitrogens is 2. The second-order valence-corrected chi connectivity index (χ2v) is 3.85. The molecule has 0 amide bonds.